The first-order chi connectivity index (χ1) is 10.6. The van der Waals surface area contributed by atoms with Crippen LogP contribution in [0.1, 0.15) is 11.7 Å². The molecular weight excluding hydrogens is 292 g/mol. The highest BCUT2D eigenvalue weighted by Gasteiger charge is 2.46. The van der Waals surface area contributed by atoms with Gasteiger partial charge in [-0.1, -0.05) is 30.3 Å². The van der Waals surface area contributed by atoms with Crippen molar-refractivity contribution in [1.82, 2.24) is 0 Å². The first-order valence-corrected chi connectivity index (χ1v) is 6.95. The molecule has 4 atom stereocenters. The second kappa shape index (κ2) is 8.21. The van der Waals surface area contributed by atoms with Crippen molar-refractivity contribution in [2.75, 3.05) is 27.1 Å². The van der Waals surface area contributed by atoms with Crippen molar-refractivity contribution in [3.05, 3.63) is 35.9 Å². The van der Waals surface area contributed by atoms with Crippen molar-refractivity contribution in [3.8, 4) is 0 Å². The van der Waals surface area contributed by atoms with Crippen molar-refractivity contribution >= 4 is 5.97 Å². The molecule has 2 rings (SSSR count). The van der Waals surface area contributed by atoms with Gasteiger partial charge in [-0.25, -0.2) is 4.79 Å². The van der Waals surface area contributed by atoms with Gasteiger partial charge in [-0.2, -0.15) is 0 Å². The predicted octanol–water partition coefficient (Wildman–Crippen LogP) is 0.0120. The number of esters is 1. The van der Waals surface area contributed by atoms with Crippen molar-refractivity contribution in [1.29, 1.82) is 0 Å². The Balaban J connectivity index is 2.04. The summed E-state index contributed by atoms with van der Waals surface area (Å²) >= 11 is 0. The Kier molecular flexibility index (Phi) is 6.29. The number of hydrogen-bond donors (Lipinski definition) is 2. The topological polar surface area (TPSA) is 94.5 Å². The van der Waals surface area contributed by atoms with Gasteiger partial charge in [-0.3, -0.25) is 0 Å². The second-order valence-electron chi connectivity index (χ2n) is 4.85. The van der Waals surface area contributed by atoms with Gasteiger partial charge in [-0.05, 0) is 5.56 Å². The van der Waals surface area contributed by atoms with Crippen LogP contribution in [0.2, 0.25) is 0 Å². The van der Waals surface area contributed by atoms with Crippen LogP contribution in [-0.2, 0) is 23.7 Å². The molecule has 0 radical (unpaired) electrons. The van der Waals surface area contributed by atoms with Gasteiger partial charge in [0.25, 0.3) is 0 Å². The summed E-state index contributed by atoms with van der Waals surface area (Å²) in [5.74, 6) is -0.874. The third kappa shape index (κ3) is 4.02. The Labute approximate surface area is 128 Å². The number of methoxy groups -OCH3 is 1. The van der Waals surface area contributed by atoms with E-state index in [0.717, 1.165) is 0 Å². The highest BCUT2D eigenvalue weighted by atomic mass is 16.7. The van der Waals surface area contributed by atoms with E-state index in [2.05, 4.69) is 0 Å². The van der Waals surface area contributed by atoms with Gasteiger partial charge < -0.3 is 29.2 Å². The molecular formula is C15H20O7. The number of cyclic esters (lactones) is 1. The van der Waals surface area contributed by atoms with Crippen molar-refractivity contribution in [2.24, 2.45) is 0 Å². The summed E-state index contributed by atoms with van der Waals surface area (Å²) < 4.78 is 20.7. The van der Waals surface area contributed by atoms with Crippen LogP contribution in [0.3, 0.4) is 0 Å². The average Bonchev–Trinajstić information content (AvgIpc) is 2.55. The Bertz CT molecular complexity index is 464. The Morgan fingerprint density at radius 2 is 1.91 bits per heavy atom. The number of carbonyl (C=O) groups excluding carboxylic acids is 1. The van der Waals surface area contributed by atoms with Crippen LogP contribution in [0.15, 0.2) is 30.3 Å². The van der Waals surface area contributed by atoms with E-state index in [4.69, 9.17) is 18.9 Å². The van der Waals surface area contributed by atoms with Gasteiger partial charge in [-0.15, -0.1) is 0 Å². The Hall–Kier alpha value is -1.51. The zero-order valence-corrected chi connectivity index (χ0v) is 12.3. The van der Waals surface area contributed by atoms with Crippen molar-refractivity contribution < 1.29 is 34.0 Å². The summed E-state index contributed by atoms with van der Waals surface area (Å²) in [4.78, 5) is 11.6. The van der Waals surface area contributed by atoms with E-state index >= 15 is 0 Å². The fraction of sp³-hybridized carbons (Fsp3) is 0.533. The van der Waals surface area contributed by atoms with E-state index in [1.807, 2.05) is 6.07 Å². The lowest BCUT2D eigenvalue weighted by Gasteiger charge is -2.37. The molecule has 0 unspecified atom stereocenters. The largest absolute Gasteiger partial charge is 0.453 e. The number of benzene rings is 1. The molecule has 0 aliphatic carbocycles. The van der Waals surface area contributed by atoms with E-state index in [1.54, 1.807) is 31.4 Å². The van der Waals surface area contributed by atoms with Crippen LogP contribution in [0.4, 0.5) is 0 Å². The molecule has 0 aromatic heterocycles. The lowest BCUT2D eigenvalue weighted by atomic mass is 9.94. The predicted molar refractivity (Wildman–Crippen MR) is 74.9 cm³/mol. The molecule has 1 aliphatic heterocycles. The molecule has 122 valence electrons. The lowest BCUT2D eigenvalue weighted by molar-refractivity contribution is -0.228. The number of aliphatic hydroxyl groups is 2. The summed E-state index contributed by atoms with van der Waals surface area (Å²) in [5.41, 5.74) is 0.670. The molecule has 1 saturated heterocycles. The summed E-state index contributed by atoms with van der Waals surface area (Å²) in [6, 6.07) is 8.90. The van der Waals surface area contributed by atoms with Gasteiger partial charge >= 0.3 is 5.97 Å². The smallest absolute Gasteiger partial charge is 0.338 e. The molecule has 1 aromatic rings. The van der Waals surface area contributed by atoms with E-state index in [1.165, 1.54) is 0 Å². The van der Waals surface area contributed by atoms with Crippen LogP contribution in [0, 0.1) is 0 Å². The van der Waals surface area contributed by atoms with Gasteiger partial charge in [0.15, 0.2) is 12.2 Å². The molecule has 1 heterocycles. The monoisotopic (exact) mass is 312 g/mol. The third-order valence-electron chi connectivity index (χ3n) is 3.35. The number of ether oxygens (including phenoxy) is 4. The van der Waals surface area contributed by atoms with Crippen LogP contribution < -0.4 is 0 Å². The molecule has 0 amide bonds. The van der Waals surface area contributed by atoms with Gasteiger partial charge in [0.05, 0.1) is 13.2 Å². The first kappa shape index (κ1) is 16.9. The minimum atomic E-state index is -1.64. The SMILES string of the molecule is COCCOCO[C@H]1[C@H](O)[C@H](O)C(=O)O[C@H]1c1ccccc1. The van der Waals surface area contributed by atoms with E-state index in [-0.39, 0.29) is 6.79 Å². The highest BCUT2D eigenvalue weighted by molar-refractivity contribution is 5.76. The van der Waals surface area contributed by atoms with Gasteiger partial charge in [0.1, 0.15) is 19.0 Å². The van der Waals surface area contributed by atoms with Crippen LogP contribution in [0.5, 0.6) is 0 Å². The summed E-state index contributed by atoms with van der Waals surface area (Å²) in [5, 5.41) is 19.7. The van der Waals surface area contributed by atoms with Crippen molar-refractivity contribution in [2.45, 2.75) is 24.4 Å². The molecule has 1 aromatic carbocycles. The molecule has 0 bridgehead atoms. The molecule has 22 heavy (non-hydrogen) atoms. The second-order valence-corrected chi connectivity index (χ2v) is 4.85. The number of aliphatic hydroxyl groups excluding tert-OH is 2. The fourth-order valence-corrected chi connectivity index (χ4v) is 2.17. The Morgan fingerprint density at radius 1 is 1.18 bits per heavy atom. The van der Waals surface area contributed by atoms with Gasteiger partial charge in [0.2, 0.25) is 0 Å². The summed E-state index contributed by atoms with van der Waals surface area (Å²) in [7, 11) is 1.55. The maximum absolute atomic E-state index is 11.6. The van der Waals surface area contributed by atoms with Crippen LogP contribution >= 0.6 is 0 Å². The molecule has 0 spiro atoms. The highest BCUT2D eigenvalue weighted by Crippen LogP contribution is 2.31. The third-order valence-corrected chi connectivity index (χ3v) is 3.35. The molecule has 7 nitrogen and oxygen atoms in total. The van der Waals surface area contributed by atoms with Crippen molar-refractivity contribution in [3.63, 3.8) is 0 Å². The standard InChI is InChI=1S/C15H20O7/c1-19-7-8-20-9-21-14-11(16)12(17)15(18)22-13(14)10-5-3-2-4-6-10/h2-6,11-14,16-17H,7-9H2,1H3/t11-,12+,13+,14+/m1/s1. The summed E-state index contributed by atoms with van der Waals surface area (Å²) in [6.45, 7) is 0.632. The zero-order chi connectivity index (χ0) is 15.9. The number of hydrogen-bond acceptors (Lipinski definition) is 7. The molecule has 0 saturated carbocycles. The fourth-order valence-electron chi connectivity index (χ4n) is 2.17. The average molecular weight is 312 g/mol. The molecule has 1 fully saturated rings. The maximum atomic E-state index is 11.6. The zero-order valence-electron chi connectivity index (χ0n) is 12.3. The van der Waals surface area contributed by atoms with E-state index in [0.29, 0.717) is 18.8 Å². The molecule has 2 N–H and O–H groups in total. The minimum Gasteiger partial charge on any atom is -0.453 e. The van der Waals surface area contributed by atoms with Gasteiger partial charge in [0, 0.05) is 7.11 Å². The molecule has 1 aliphatic rings. The number of rotatable bonds is 7. The minimum absolute atomic E-state index is 0.112. The number of carbonyl (C=O) groups is 1. The van der Waals surface area contributed by atoms with E-state index < -0.39 is 30.4 Å². The quantitative estimate of drug-likeness (QED) is 0.416. The maximum Gasteiger partial charge on any atom is 0.338 e. The van der Waals surface area contributed by atoms with E-state index in [9.17, 15) is 15.0 Å². The normalized spacial score (nSPS) is 28.4. The lowest BCUT2D eigenvalue weighted by Crippen LogP contribution is -2.53. The summed E-state index contributed by atoms with van der Waals surface area (Å²) in [6.07, 6.45) is -4.75. The molecule has 7 heteroatoms. The van der Waals surface area contributed by atoms with Crippen LogP contribution in [-0.4, -0.2) is 61.6 Å². The van der Waals surface area contributed by atoms with Crippen LogP contribution in [0.25, 0.3) is 0 Å². The Morgan fingerprint density at radius 3 is 2.59 bits per heavy atom. The first-order valence-electron chi connectivity index (χ1n) is 6.95.